The van der Waals surface area contributed by atoms with E-state index >= 15 is 0 Å². The van der Waals surface area contributed by atoms with Crippen molar-refractivity contribution in [1.82, 2.24) is 0 Å². The van der Waals surface area contributed by atoms with E-state index in [9.17, 15) is 0 Å². The first-order valence-electron chi connectivity index (χ1n) is 3.44. The molecule has 0 heterocycles. The number of hydrogen-bond donors (Lipinski definition) is 0. The van der Waals surface area contributed by atoms with Crippen molar-refractivity contribution in [3.63, 3.8) is 0 Å². The van der Waals surface area contributed by atoms with Crippen molar-refractivity contribution < 1.29 is 19.5 Å². The minimum Gasteiger partial charge on any atom is -0.0860 e. The number of halogens is 1. The Morgan fingerprint density at radius 1 is 1.36 bits per heavy atom. The maximum atomic E-state index is 2.40. The second-order valence-corrected chi connectivity index (χ2v) is 3.51. The summed E-state index contributed by atoms with van der Waals surface area (Å²) in [6, 6.07) is 8.69. The van der Waals surface area contributed by atoms with Crippen molar-refractivity contribution in [2.45, 2.75) is 13.3 Å². The Hall–Kier alpha value is 0.573. The molecule has 1 aromatic rings. The molecule has 0 nitrogen and oxygen atoms in total. The van der Waals surface area contributed by atoms with E-state index in [0.29, 0.717) is 0 Å². The van der Waals surface area contributed by atoms with Crippen molar-refractivity contribution >= 4 is 22.6 Å². The molecule has 11 heavy (non-hydrogen) atoms. The van der Waals surface area contributed by atoms with E-state index in [2.05, 4.69) is 53.8 Å². The zero-order chi connectivity index (χ0) is 7.40. The van der Waals surface area contributed by atoms with Gasteiger partial charge < -0.3 is 0 Å². The third-order valence-electron chi connectivity index (χ3n) is 1.47. The Kier molecular flexibility index (Phi) is 6.45. The molecule has 1 aromatic carbocycles. The van der Waals surface area contributed by atoms with E-state index in [-0.39, 0.29) is 19.5 Å². The Bertz CT molecular complexity index is 210. The van der Waals surface area contributed by atoms with E-state index in [1.807, 2.05) is 0 Å². The van der Waals surface area contributed by atoms with Crippen molar-refractivity contribution in [1.29, 1.82) is 0 Å². The third kappa shape index (κ3) is 4.22. The average molecular weight is 311 g/mol. The molecule has 0 atom stereocenters. The first kappa shape index (κ1) is 11.6. The smallest absolute Gasteiger partial charge is 0.00358 e. The molecular weight excluding hydrogens is 300 g/mol. The summed E-state index contributed by atoms with van der Waals surface area (Å²) >= 11 is 2.40. The summed E-state index contributed by atoms with van der Waals surface area (Å²) in [6.07, 6.45) is 1.20. The SMILES string of the molecule is Cc1cccc(CCI)c1.[Zn]. The standard InChI is InChI=1S/C9H11I.Zn/c1-8-3-2-4-9(7-8)5-6-10;/h2-4,7H,5-6H2,1H3;. The van der Waals surface area contributed by atoms with Gasteiger partial charge in [-0.3, -0.25) is 0 Å². The Morgan fingerprint density at radius 2 is 2.09 bits per heavy atom. The fourth-order valence-electron chi connectivity index (χ4n) is 0.977. The molecule has 0 saturated carbocycles. The summed E-state index contributed by atoms with van der Waals surface area (Å²) in [6.45, 7) is 2.14. The Morgan fingerprint density at radius 3 is 2.64 bits per heavy atom. The van der Waals surface area contributed by atoms with Gasteiger partial charge in [0.05, 0.1) is 0 Å². The van der Waals surface area contributed by atoms with Crippen LogP contribution in [0.3, 0.4) is 0 Å². The molecule has 0 saturated heterocycles. The van der Waals surface area contributed by atoms with Gasteiger partial charge in [-0.1, -0.05) is 52.4 Å². The van der Waals surface area contributed by atoms with E-state index in [0.717, 1.165) is 0 Å². The molecule has 0 N–H and O–H groups in total. The van der Waals surface area contributed by atoms with Crippen LogP contribution >= 0.6 is 22.6 Å². The van der Waals surface area contributed by atoms with Crippen LogP contribution in [0.5, 0.6) is 0 Å². The van der Waals surface area contributed by atoms with Crippen LogP contribution in [0.4, 0.5) is 0 Å². The van der Waals surface area contributed by atoms with Gasteiger partial charge in [0, 0.05) is 23.9 Å². The molecule has 0 spiro atoms. The summed E-state index contributed by atoms with van der Waals surface area (Å²) in [5.41, 5.74) is 2.82. The van der Waals surface area contributed by atoms with Crippen LogP contribution in [0.1, 0.15) is 11.1 Å². The number of hydrogen-bond acceptors (Lipinski definition) is 0. The zero-order valence-electron chi connectivity index (χ0n) is 6.81. The van der Waals surface area contributed by atoms with Crippen molar-refractivity contribution in [2.24, 2.45) is 0 Å². The molecule has 0 aliphatic carbocycles. The summed E-state index contributed by atoms with van der Waals surface area (Å²) in [5.74, 6) is 0. The quantitative estimate of drug-likeness (QED) is 0.447. The van der Waals surface area contributed by atoms with Gasteiger partial charge in [-0.15, -0.1) is 0 Å². The summed E-state index contributed by atoms with van der Waals surface area (Å²) in [7, 11) is 0. The fraction of sp³-hybridized carbons (Fsp3) is 0.333. The first-order chi connectivity index (χ1) is 4.83. The first-order valence-corrected chi connectivity index (χ1v) is 4.97. The van der Waals surface area contributed by atoms with Gasteiger partial charge in [0.25, 0.3) is 0 Å². The number of aryl methyl sites for hydroxylation is 2. The van der Waals surface area contributed by atoms with Gasteiger partial charge in [0.1, 0.15) is 0 Å². The molecule has 0 aromatic heterocycles. The molecule has 56 valence electrons. The molecule has 0 radical (unpaired) electrons. The van der Waals surface area contributed by atoms with Crippen molar-refractivity contribution in [3.8, 4) is 0 Å². The molecule has 0 bridgehead atoms. The van der Waals surface area contributed by atoms with Gasteiger partial charge in [-0.25, -0.2) is 0 Å². The maximum Gasteiger partial charge on any atom is 0.00358 e. The van der Waals surface area contributed by atoms with Crippen LogP contribution in [0.2, 0.25) is 0 Å². The monoisotopic (exact) mass is 310 g/mol. The minimum atomic E-state index is 0. The topological polar surface area (TPSA) is 0 Å². The van der Waals surface area contributed by atoms with E-state index < -0.39 is 0 Å². The number of alkyl halides is 1. The molecule has 0 unspecified atom stereocenters. The van der Waals surface area contributed by atoms with E-state index in [1.54, 1.807) is 0 Å². The summed E-state index contributed by atoms with van der Waals surface area (Å²) in [5, 5.41) is 0. The van der Waals surface area contributed by atoms with Crippen LogP contribution < -0.4 is 0 Å². The van der Waals surface area contributed by atoms with Crippen molar-refractivity contribution in [3.05, 3.63) is 35.4 Å². The van der Waals surface area contributed by atoms with Crippen molar-refractivity contribution in [2.75, 3.05) is 4.43 Å². The van der Waals surface area contributed by atoms with Gasteiger partial charge in [0.2, 0.25) is 0 Å². The second-order valence-electron chi connectivity index (χ2n) is 2.43. The van der Waals surface area contributed by atoms with Gasteiger partial charge in [0.15, 0.2) is 0 Å². The van der Waals surface area contributed by atoms with E-state index in [1.165, 1.54) is 22.0 Å². The second kappa shape index (κ2) is 6.13. The van der Waals surface area contributed by atoms with Gasteiger partial charge >= 0.3 is 0 Å². The number of benzene rings is 1. The molecule has 0 fully saturated rings. The summed E-state index contributed by atoms with van der Waals surface area (Å²) < 4.78 is 1.21. The molecule has 0 aliphatic heterocycles. The predicted molar refractivity (Wildman–Crippen MR) is 53.8 cm³/mol. The Balaban J connectivity index is 0.000001000. The molecule has 0 amide bonds. The third-order valence-corrected chi connectivity index (χ3v) is 2.01. The van der Waals surface area contributed by atoms with Crippen LogP contribution in [-0.2, 0) is 25.9 Å². The maximum absolute atomic E-state index is 2.40. The van der Waals surface area contributed by atoms with Crippen LogP contribution in [0.15, 0.2) is 24.3 Å². The molecule has 2 heteroatoms. The average Bonchev–Trinajstić information content (AvgIpc) is 1.88. The zero-order valence-corrected chi connectivity index (χ0v) is 11.9. The van der Waals surface area contributed by atoms with E-state index in [4.69, 9.17) is 0 Å². The van der Waals surface area contributed by atoms with Gasteiger partial charge in [-0.2, -0.15) is 0 Å². The van der Waals surface area contributed by atoms with Crippen LogP contribution in [-0.4, -0.2) is 4.43 Å². The minimum absolute atomic E-state index is 0. The predicted octanol–water partition coefficient (Wildman–Crippen LogP) is 2.97. The van der Waals surface area contributed by atoms with Crippen LogP contribution in [0.25, 0.3) is 0 Å². The largest absolute Gasteiger partial charge is 0.0860 e. The molecule has 1 rings (SSSR count). The Labute approximate surface area is 94.7 Å². The normalized spacial score (nSPS) is 8.91. The molecular formula is C9H11IZn. The van der Waals surface area contributed by atoms with Crippen LogP contribution in [0, 0.1) is 6.92 Å². The number of rotatable bonds is 2. The van der Waals surface area contributed by atoms with Gasteiger partial charge in [-0.05, 0) is 18.9 Å². The molecule has 0 aliphatic rings. The fourth-order valence-corrected chi connectivity index (χ4v) is 1.60. The summed E-state index contributed by atoms with van der Waals surface area (Å²) in [4.78, 5) is 0.